The van der Waals surface area contributed by atoms with Gasteiger partial charge in [0.25, 0.3) is 0 Å². The second kappa shape index (κ2) is 8.27. The lowest BCUT2D eigenvalue weighted by atomic mass is 10.3. The molecule has 0 spiro atoms. The van der Waals surface area contributed by atoms with Crippen molar-refractivity contribution in [3.63, 3.8) is 0 Å². The fourth-order valence-corrected chi connectivity index (χ4v) is 2.32. The van der Waals surface area contributed by atoms with Crippen molar-refractivity contribution in [2.75, 3.05) is 33.1 Å². The zero-order chi connectivity index (χ0) is 13.3. The van der Waals surface area contributed by atoms with Gasteiger partial charge in [0, 0.05) is 7.11 Å². The Bertz CT molecular complexity index is 368. The summed E-state index contributed by atoms with van der Waals surface area (Å²) in [6, 6.07) is 9.33. The Labute approximate surface area is 107 Å². The minimum Gasteiger partial charge on any atom is -0.494 e. The molecular weight excluding hydrogens is 255 g/mol. The van der Waals surface area contributed by atoms with E-state index in [2.05, 4.69) is 0 Å². The van der Waals surface area contributed by atoms with Crippen molar-refractivity contribution in [1.29, 1.82) is 0 Å². The molecule has 1 rings (SSSR count). The molecule has 102 valence electrons. The molecule has 0 saturated heterocycles. The monoisotopic (exact) mass is 274 g/mol. The van der Waals surface area contributed by atoms with Crippen molar-refractivity contribution in [3.8, 4) is 5.75 Å². The molecule has 1 unspecified atom stereocenters. The molecule has 0 aliphatic heterocycles. The van der Waals surface area contributed by atoms with Crippen LogP contribution in [0.4, 0.5) is 0 Å². The number of hydrogen-bond acceptors (Lipinski definition) is 4. The molecule has 0 aliphatic rings. The van der Waals surface area contributed by atoms with Gasteiger partial charge in [-0.3, -0.25) is 4.57 Å². The third-order valence-electron chi connectivity index (χ3n) is 2.18. The molecule has 6 heteroatoms. The quantitative estimate of drug-likeness (QED) is 0.553. The van der Waals surface area contributed by atoms with Crippen LogP contribution in [0.25, 0.3) is 0 Å². The minimum atomic E-state index is -3.50. The van der Waals surface area contributed by atoms with Gasteiger partial charge < -0.3 is 18.9 Å². The van der Waals surface area contributed by atoms with Crippen LogP contribution in [-0.2, 0) is 13.8 Å². The van der Waals surface area contributed by atoms with Gasteiger partial charge in [0.1, 0.15) is 5.75 Å². The first-order valence-electron chi connectivity index (χ1n) is 5.77. The van der Waals surface area contributed by atoms with Gasteiger partial charge in [-0.2, -0.15) is 0 Å². The van der Waals surface area contributed by atoms with Gasteiger partial charge in [0.05, 0.1) is 26.0 Å². The van der Waals surface area contributed by atoms with Crippen LogP contribution in [-0.4, -0.2) is 38.0 Å². The maximum atomic E-state index is 11.5. The Hall–Kier alpha value is -0.870. The number of methoxy groups -OCH3 is 1. The van der Waals surface area contributed by atoms with Gasteiger partial charge in [0.2, 0.25) is 0 Å². The molecule has 1 aromatic carbocycles. The first-order valence-corrected chi connectivity index (χ1v) is 7.53. The third-order valence-corrected chi connectivity index (χ3v) is 3.64. The molecule has 0 aliphatic carbocycles. The van der Waals surface area contributed by atoms with E-state index in [1.807, 2.05) is 30.3 Å². The SMILES string of the molecule is COCCOP(=O)(O)CCCOc1ccccc1. The predicted octanol–water partition coefficient (Wildman–Crippen LogP) is 2.30. The standard InChI is InChI=1S/C12H19O5P/c1-15-9-10-17-18(13,14)11-5-8-16-12-6-3-2-4-7-12/h2-4,6-7H,5,8-11H2,1H3,(H,13,14). The molecule has 1 atom stereocenters. The van der Waals surface area contributed by atoms with Crippen LogP contribution in [0, 0.1) is 0 Å². The van der Waals surface area contributed by atoms with E-state index >= 15 is 0 Å². The van der Waals surface area contributed by atoms with Crippen LogP contribution in [0.2, 0.25) is 0 Å². The fourth-order valence-electron chi connectivity index (χ4n) is 1.30. The summed E-state index contributed by atoms with van der Waals surface area (Å²) >= 11 is 0. The predicted molar refractivity (Wildman–Crippen MR) is 69.1 cm³/mol. The van der Waals surface area contributed by atoms with E-state index in [0.29, 0.717) is 19.6 Å². The van der Waals surface area contributed by atoms with Gasteiger partial charge >= 0.3 is 7.60 Å². The molecule has 0 radical (unpaired) electrons. The Balaban J connectivity index is 2.15. The van der Waals surface area contributed by atoms with Crippen molar-refractivity contribution < 1.29 is 23.5 Å². The lowest BCUT2D eigenvalue weighted by Crippen LogP contribution is -2.05. The second-order valence-electron chi connectivity index (χ2n) is 3.70. The van der Waals surface area contributed by atoms with Crippen LogP contribution in [0.1, 0.15) is 6.42 Å². The Morgan fingerprint density at radius 1 is 1.17 bits per heavy atom. The topological polar surface area (TPSA) is 65.0 Å². The number of rotatable bonds is 9. The molecule has 1 aromatic rings. The van der Waals surface area contributed by atoms with Crippen LogP contribution >= 0.6 is 7.60 Å². The average Bonchev–Trinajstić information content (AvgIpc) is 2.36. The molecule has 0 heterocycles. The first kappa shape index (κ1) is 15.2. The second-order valence-corrected chi connectivity index (χ2v) is 5.68. The van der Waals surface area contributed by atoms with Gasteiger partial charge in [-0.15, -0.1) is 0 Å². The van der Waals surface area contributed by atoms with Crippen molar-refractivity contribution >= 4 is 7.60 Å². The number of para-hydroxylation sites is 1. The maximum absolute atomic E-state index is 11.5. The van der Waals surface area contributed by atoms with Crippen molar-refractivity contribution in [1.82, 2.24) is 0 Å². The first-order chi connectivity index (χ1) is 8.64. The van der Waals surface area contributed by atoms with E-state index in [0.717, 1.165) is 5.75 Å². The Morgan fingerprint density at radius 3 is 2.56 bits per heavy atom. The summed E-state index contributed by atoms with van der Waals surface area (Å²) < 4.78 is 26.5. The van der Waals surface area contributed by atoms with Gasteiger partial charge in [-0.1, -0.05) is 18.2 Å². The maximum Gasteiger partial charge on any atom is 0.328 e. The molecule has 0 saturated carbocycles. The highest BCUT2D eigenvalue weighted by atomic mass is 31.2. The molecule has 1 N–H and O–H groups in total. The third kappa shape index (κ3) is 6.77. The highest BCUT2D eigenvalue weighted by molar-refractivity contribution is 7.52. The Morgan fingerprint density at radius 2 is 1.89 bits per heavy atom. The van der Waals surface area contributed by atoms with E-state index in [4.69, 9.17) is 14.0 Å². The molecular formula is C12H19O5P. The molecule has 18 heavy (non-hydrogen) atoms. The molecule has 0 fully saturated rings. The van der Waals surface area contributed by atoms with Crippen LogP contribution < -0.4 is 4.74 Å². The van der Waals surface area contributed by atoms with Crippen molar-refractivity contribution in [2.45, 2.75) is 6.42 Å². The van der Waals surface area contributed by atoms with E-state index in [-0.39, 0.29) is 12.8 Å². The molecule has 0 aromatic heterocycles. The summed E-state index contributed by atoms with van der Waals surface area (Å²) in [5.41, 5.74) is 0. The number of benzene rings is 1. The zero-order valence-corrected chi connectivity index (χ0v) is 11.3. The van der Waals surface area contributed by atoms with Crippen molar-refractivity contribution in [3.05, 3.63) is 30.3 Å². The smallest absolute Gasteiger partial charge is 0.328 e. The van der Waals surface area contributed by atoms with E-state index in [1.165, 1.54) is 7.11 Å². The molecule has 0 amide bonds. The largest absolute Gasteiger partial charge is 0.494 e. The number of ether oxygens (including phenoxy) is 2. The van der Waals surface area contributed by atoms with E-state index < -0.39 is 7.60 Å². The lowest BCUT2D eigenvalue weighted by Gasteiger charge is -2.12. The zero-order valence-electron chi connectivity index (χ0n) is 10.4. The van der Waals surface area contributed by atoms with Gasteiger partial charge in [-0.25, -0.2) is 0 Å². The summed E-state index contributed by atoms with van der Waals surface area (Å²) in [5, 5.41) is 0. The average molecular weight is 274 g/mol. The van der Waals surface area contributed by atoms with Gasteiger partial charge in [0.15, 0.2) is 0 Å². The molecule has 0 bridgehead atoms. The van der Waals surface area contributed by atoms with Crippen LogP contribution in [0.3, 0.4) is 0 Å². The van der Waals surface area contributed by atoms with E-state index in [1.54, 1.807) is 0 Å². The minimum absolute atomic E-state index is 0.0869. The summed E-state index contributed by atoms with van der Waals surface area (Å²) in [4.78, 5) is 9.46. The summed E-state index contributed by atoms with van der Waals surface area (Å²) in [7, 11) is -1.99. The van der Waals surface area contributed by atoms with Crippen molar-refractivity contribution in [2.24, 2.45) is 0 Å². The normalized spacial score (nSPS) is 14.1. The highest BCUT2D eigenvalue weighted by Gasteiger charge is 2.18. The summed E-state index contributed by atoms with van der Waals surface area (Å²) in [6.07, 6.45) is 0.555. The lowest BCUT2D eigenvalue weighted by molar-refractivity contribution is 0.137. The van der Waals surface area contributed by atoms with Crippen LogP contribution in [0.15, 0.2) is 30.3 Å². The molecule has 5 nitrogen and oxygen atoms in total. The summed E-state index contributed by atoms with van der Waals surface area (Å²) in [6.45, 7) is 0.830. The summed E-state index contributed by atoms with van der Waals surface area (Å²) in [5.74, 6) is 0.755. The number of hydrogen-bond donors (Lipinski definition) is 1. The van der Waals surface area contributed by atoms with Crippen LogP contribution in [0.5, 0.6) is 5.75 Å². The highest BCUT2D eigenvalue weighted by Crippen LogP contribution is 2.42. The Kier molecular flexibility index (Phi) is 6.98. The van der Waals surface area contributed by atoms with E-state index in [9.17, 15) is 9.46 Å². The fraction of sp³-hybridized carbons (Fsp3) is 0.500. The van der Waals surface area contributed by atoms with Gasteiger partial charge in [-0.05, 0) is 18.6 Å².